The highest BCUT2D eigenvalue weighted by Crippen LogP contribution is 2.40. The molecule has 1 aliphatic rings. The number of nitrogens with one attached hydrogen (secondary N) is 1. The van der Waals surface area contributed by atoms with Crippen molar-refractivity contribution in [1.29, 1.82) is 0 Å². The van der Waals surface area contributed by atoms with Gasteiger partial charge in [0.25, 0.3) is 0 Å². The van der Waals surface area contributed by atoms with Crippen molar-refractivity contribution < 1.29 is 27.9 Å². The van der Waals surface area contributed by atoms with Crippen LogP contribution in [-0.2, 0) is 6.54 Å². The van der Waals surface area contributed by atoms with Gasteiger partial charge in [-0.2, -0.15) is 13.2 Å². The lowest BCUT2D eigenvalue weighted by atomic mass is 9.82. The van der Waals surface area contributed by atoms with Gasteiger partial charge >= 0.3 is 12.1 Å². The number of aromatic carboxylic acids is 1. The Labute approximate surface area is 187 Å². The van der Waals surface area contributed by atoms with Crippen LogP contribution in [0.1, 0.15) is 27.6 Å². The van der Waals surface area contributed by atoms with Gasteiger partial charge in [0.2, 0.25) is 5.95 Å². The molecular weight excluding hydrogens is 435 g/mol. The van der Waals surface area contributed by atoms with Crippen molar-refractivity contribution in [3.8, 4) is 0 Å². The average molecular weight is 455 g/mol. The highest BCUT2D eigenvalue weighted by molar-refractivity contribution is 5.93. The number of nitrogens with zero attached hydrogens (tertiary/aromatic N) is 2. The maximum atomic E-state index is 13.7. The van der Waals surface area contributed by atoms with E-state index in [9.17, 15) is 27.9 Å². The summed E-state index contributed by atoms with van der Waals surface area (Å²) in [6.45, 7) is 1.71. The summed E-state index contributed by atoms with van der Waals surface area (Å²) in [5.41, 5.74) is 1.32. The summed E-state index contributed by atoms with van der Waals surface area (Å²) in [6.07, 6.45) is 0.470. The maximum Gasteiger partial charge on any atom is 0.413 e. The van der Waals surface area contributed by atoms with Gasteiger partial charge in [-0.15, -0.1) is 0 Å². The van der Waals surface area contributed by atoms with Gasteiger partial charge in [0.1, 0.15) is 6.29 Å². The molecule has 0 saturated carbocycles. The number of imidazole rings is 1. The van der Waals surface area contributed by atoms with Gasteiger partial charge < -0.3 is 15.0 Å². The molecule has 0 radical (unpaired) electrons. The van der Waals surface area contributed by atoms with Gasteiger partial charge in [-0.3, -0.25) is 4.79 Å². The third kappa shape index (κ3) is 4.52. The fraction of sp³-hybridized carbons (Fsp3) is 0.208. The Balaban J connectivity index is 1.79. The molecule has 0 aliphatic heterocycles. The summed E-state index contributed by atoms with van der Waals surface area (Å²) in [4.78, 5) is 26.8. The molecule has 1 heterocycles. The fourth-order valence-electron chi connectivity index (χ4n) is 3.96. The number of hydrogen-bond donors (Lipinski definition) is 2. The Hall–Kier alpha value is -3.88. The van der Waals surface area contributed by atoms with E-state index in [-0.39, 0.29) is 24.0 Å². The Morgan fingerprint density at radius 2 is 1.94 bits per heavy atom. The number of aromatic nitrogens is 2. The van der Waals surface area contributed by atoms with Gasteiger partial charge in [-0.1, -0.05) is 25.2 Å². The van der Waals surface area contributed by atoms with Crippen molar-refractivity contribution in [2.75, 3.05) is 5.32 Å². The third-order valence-electron chi connectivity index (χ3n) is 5.73. The second kappa shape index (κ2) is 8.57. The van der Waals surface area contributed by atoms with Crippen molar-refractivity contribution in [3.63, 3.8) is 0 Å². The van der Waals surface area contributed by atoms with Gasteiger partial charge in [0.05, 0.1) is 16.6 Å². The second-order valence-corrected chi connectivity index (χ2v) is 7.89. The van der Waals surface area contributed by atoms with Crippen LogP contribution in [0.15, 0.2) is 66.3 Å². The van der Waals surface area contributed by atoms with E-state index in [2.05, 4.69) is 10.3 Å². The van der Waals surface area contributed by atoms with Crippen molar-refractivity contribution in [1.82, 2.24) is 9.55 Å². The lowest BCUT2D eigenvalue weighted by molar-refractivity contribution is -0.102. The first-order chi connectivity index (χ1) is 15.7. The number of fused-ring (bicyclic) bond motifs is 1. The third-order valence-corrected chi connectivity index (χ3v) is 5.73. The molecule has 0 spiro atoms. The second-order valence-electron chi connectivity index (χ2n) is 7.89. The Kier molecular flexibility index (Phi) is 5.80. The number of alkyl halides is 3. The van der Waals surface area contributed by atoms with E-state index >= 15 is 0 Å². The van der Waals surface area contributed by atoms with Crippen LogP contribution in [0.5, 0.6) is 0 Å². The number of aldehydes is 1. The number of carbonyl (C=O) groups is 2. The van der Waals surface area contributed by atoms with Crippen molar-refractivity contribution in [2.24, 2.45) is 11.8 Å². The zero-order valence-corrected chi connectivity index (χ0v) is 17.5. The molecule has 33 heavy (non-hydrogen) atoms. The smallest absolute Gasteiger partial charge is 0.413 e. The molecule has 9 heteroatoms. The molecule has 2 unspecified atom stereocenters. The normalized spacial score (nSPS) is 18.2. The van der Waals surface area contributed by atoms with E-state index in [0.717, 1.165) is 6.08 Å². The summed E-state index contributed by atoms with van der Waals surface area (Å²) >= 11 is 0. The number of halogens is 3. The molecule has 3 aromatic rings. The largest absolute Gasteiger partial charge is 0.478 e. The highest BCUT2D eigenvalue weighted by Gasteiger charge is 2.41. The van der Waals surface area contributed by atoms with Crippen LogP contribution in [0.3, 0.4) is 0 Å². The van der Waals surface area contributed by atoms with Crippen molar-refractivity contribution >= 4 is 34.9 Å². The maximum absolute atomic E-state index is 13.7. The van der Waals surface area contributed by atoms with Crippen LogP contribution in [0.2, 0.25) is 0 Å². The number of carbonyl (C=O) groups excluding carboxylic acids is 1. The first kappa shape index (κ1) is 22.3. The van der Waals surface area contributed by atoms with Gasteiger partial charge in [0, 0.05) is 29.3 Å². The minimum absolute atomic E-state index is 0.0193. The van der Waals surface area contributed by atoms with E-state index in [0.29, 0.717) is 28.6 Å². The first-order valence-electron chi connectivity index (χ1n) is 10.2. The van der Waals surface area contributed by atoms with E-state index in [1.54, 1.807) is 47.9 Å². The van der Waals surface area contributed by atoms with Crippen LogP contribution in [0.25, 0.3) is 11.0 Å². The molecule has 4 rings (SSSR count). The van der Waals surface area contributed by atoms with Crippen molar-refractivity contribution in [2.45, 2.75) is 19.6 Å². The lowest BCUT2D eigenvalue weighted by Crippen LogP contribution is -2.29. The summed E-state index contributed by atoms with van der Waals surface area (Å²) in [7, 11) is 0. The molecule has 0 saturated heterocycles. The molecule has 1 aliphatic carbocycles. The van der Waals surface area contributed by atoms with Crippen LogP contribution in [0, 0.1) is 11.8 Å². The minimum Gasteiger partial charge on any atom is -0.478 e. The quantitative estimate of drug-likeness (QED) is 0.473. The zero-order chi connectivity index (χ0) is 23.8. The minimum atomic E-state index is -4.48. The van der Waals surface area contributed by atoms with Crippen LogP contribution >= 0.6 is 0 Å². The highest BCUT2D eigenvalue weighted by atomic mass is 19.4. The predicted molar refractivity (Wildman–Crippen MR) is 118 cm³/mol. The molecular formula is C24H20F3N3O3. The van der Waals surface area contributed by atoms with E-state index in [1.165, 1.54) is 18.2 Å². The average Bonchev–Trinajstić information content (AvgIpc) is 3.11. The molecule has 2 atom stereocenters. The first-order valence-corrected chi connectivity index (χ1v) is 10.2. The molecule has 0 amide bonds. The summed E-state index contributed by atoms with van der Waals surface area (Å²) < 4.78 is 42.8. The summed E-state index contributed by atoms with van der Waals surface area (Å²) in [6, 6.07) is 10.8. The number of hydrogen-bond acceptors (Lipinski definition) is 4. The number of anilines is 2. The summed E-state index contributed by atoms with van der Waals surface area (Å²) in [5.74, 6) is -2.08. The van der Waals surface area contributed by atoms with E-state index in [1.807, 2.05) is 0 Å². The predicted octanol–water partition coefficient (Wildman–Crippen LogP) is 5.60. The Morgan fingerprint density at radius 1 is 1.21 bits per heavy atom. The van der Waals surface area contributed by atoms with Gasteiger partial charge in [-0.25, -0.2) is 9.78 Å². The number of carboxylic acid groups (broad SMARTS) is 1. The van der Waals surface area contributed by atoms with Gasteiger partial charge in [-0.05, 0) is 48.4 Å². The van der Waals surface area contributed by atoms with Crippen LogP contribution < -0.4 is 5.32 Å². The van der Waals surface area contributed by atoms with E-state index in [4.69, 9.17) is 0 Å². The molecule has 1 aromatic heterocycles. The Bertz CT molecular complexity index is 1270. The molecule has 2 aromatic carbocycles. The van der Waals surface area contributed by atoms with Gasteiger partial charge in [0.15, 0.2) is 0 Å². The van der Waals surface area contributed by atoms with Crippen LogP contribution in [0.4, 0.5) is 24.8 Å². The van der Waals surface area contributed by atoms with Crippen LogP contribution in [-0.4, -0.2) is 33.1 Å². The number of rotatable bonds is 6. The molecule has 0 bridgehead atoms. The monoisotopic (exact) mass is 455 g/mol. The van der Waals surface area contributed by atoms with E-state index < -0.39 is 23.6 Å². The lowest BCUT2D eigenvalue weighted by Gasteiger charge is -2.29. The molecule has 2 N–H and O–H groups in total. The molecule has 170 valence electrons. The topological polar surface area (TPSA) is 84.2 Å². The molecule has 0 fully saturated rings. The Morgan fingerprint density at radius 3 is 2.58 bits per heavy atom. The summed E-state index contributed by atoms with van der Waals surface area (Å²) in [5, 5.41) is 12.4. The molecule has 6 nitrogen and oxygen atoms in total. The fourth-order valence-corrected chi connectivity index (χ4v) is 3.96. The standard InChI is InChI=1S/C24H20F3N3O3/c1-14-3-2-4-19(24(25,26)27)18(14)12-30-21-10-7-16(22(32)33)11-20(21)29-23(30)28-17-8-5-15(13-31)6-9-17/h2-11,13-14,18H,12H2,1H3,(H,28,29)(H,32,33). The number of benzene rings is 2. The SMILES string of the molecule is CC1C=CC=C(C(F)(F)F)C1Cn1c(Nc2ccc(C=O)cc2)nc2cc(C(=O)O)ccc21. The zero-order valence-electron chi connectivity index (χ0n) is 17.5. The van der Waals surface area contributed by atoms with Crippen molar-refractivity contribution in [3.05, 3.63) is 77.4 Å². The number of carboxylic acids is 1. The number of allylic oxidation sites excluding steroid dienone is 4.